The second-order valence-electron chi connectivity index (χ2n) is 4.89. The SMILES string of the molecule is CC(C)=CN(C=O)c1cc(O)n(-c2cc(Cl)cc(Cl)c2)c1O. The summed E-state index contributed by atoms with van der Waals surface area (Å²) in [5.41, 5.74) is 1.37. The van der Waals surface area contributed by atoms with Crippen LogP contribution < -0.4 is 4.90 Å². The molecule has 1 aromatic heterocycles. The van der Waals surface area contributed by atoms with Gasteiger partial charge in [0.05, 0.1) is 5.69 Å². The van der Waals surface area contributed by atoms with Crippen molar-refractivity contribution in [2.75, 3.05) is 4.90 Å². The maximum absolute atomic E-state index is 11.2. The minimum atomic E-state index is -0.305. The molecule has 0 saturated heterocycles. The molecular weight excluding hydrogens is 327 g/mol. The fraction of sp³-hybridized carbons (Fsp3) is 0.133. The lowest BCUT2D eigenvalue weighted by molar-refractivity contribution is -0.107. The zero-order valence-electron chi connectivity index (χ0n) is 11.9. The highest BCUT2D eigenvalue weighted by Crippen LogP contribution is 2.39. The van der Waals surface area contributed by atoms with Crippen LogP contribution in [0.3, 0.4) is 0 Å². The molecule has 5 nitrogen and oxygen atoms in total. The van der Waals surface area contributed by atoms with Crippen molar-refractivity contribution in [1.82, 2.24) is 4.57 Å². The molecule has 0 saturated carbocycles. The third kappa shape index (κ3) is 3.21. The molecule has 1 amide bonds. The Kier molecular flexibility index (Phi) is 4.68. The molecule has 0 aliphatic carbocycles. The van der Waals surface area contributed by atoms with E-state index in [-0.39, 0.29) is 17.4 Å². The van der Waals surface area contributed by atoms with Gasteiger partial charge < -0.3 is 10.2 Å². The van der Waals surface area contributed by atoms with Gasteiger partial charge in [0.15, 0.2) is 0 Å². The molecule has 0 atom stereocenters. The van der Waals surface area contributed by atoms with Crippen LogP contribution in [-0.4, -0.2) is 21.2 Å². The van der Waals surface area contributed by atoms with Crippen LogP contribution in [0.15, 0.2) is 36.0 Å². The monoisotopic (exact) mass is 340 g/mol. The van der Waals surface area contributed by atoms with Crippen LogP contribution in [-0.2, 0) is 4.79 Å². The van der Waals surface area contributed by atoms with Crippen LogP contribution >= 0.6 is 23.2 Å². The maximum Gasteiger partial charge on any atom is 0.223 e. The molecule has 7 heteroatoms. The average Bonchev–Trinajstić information content (AvgIpc) is 2.70. The van der Waals surface area contributed by atoms with Gasteiger partial charge in [0.1, 0.15) is 5.69 Å². The van der Waals surface area contributed by atoms with E-state index in [1.54, 1.807) is 13.8 Å². The summed E-state index contributed by atoms with van der Waals surface area (Å²) in [6.45, 7) is 3.61. The standard InChI is InChI=1S/C15H14Cl2N2O3/c1-9(2)7-18(8-20)13-6-14(21)19(15(13)22)12-4-10(16)3-11(17)5-12/h3-8,21-22H,1-2H3. The van der Waals surface area contributed by atoms with Gasteiger partial charge >= 0.3 is 0 Å². The molecule has 0 unspecified atom stereocenters. The lowest BCUT2D eigenvalue weighted by Gasteiger charge is -2.13. The summed E-state index contributed by atoms with van der Waals surface area (Å²) in [7, 11) is 0. The summed E-state index contributed by atoms with van der Waals surface area (Å²) in [6.07, 6.45) is 2.08. The Morgan fingerprint density at radius 1 is 1.14 bits per heavy atom. The Morgan fingerprint density at radius 3 is 2.23 bits per heavy atom. The number of amides is 1. The molecule has 0 radical (unpaired) electrons. The van der Waals surface area contributed by atoms with Crippen molar-refractivity contribution in [3.05, 3.63) is 46.1 Å². The molecule has 2 N–H and O–H groups in total. The fourth-order valence-corrected chi connectivity index (χ4v) is 2.54. The van der Waals surface area contributed by atoms with Gasteiger partial charge in [0.25, 0.3) is 0 Å². The average molecular weight is 341 g/mol. The van der Waals surface area contributed by atoms with Gasteiger partial charge in [-0.1, -0.05) is 28.8 Å². The number of aromatic nitrogens is 1. The zero-order valence-corrected chi connectivity index (χ0v) is 13.4. The molecule has 2 aromatic rings. The first-order valence-electron chi connectivity index (χ1n) is 6.32. The number of anilines is 1. The summed E-state index contributed by atoms with van der Waals surface area (Å²) >= 11 is 11.9. The molecular formula is C15H14Cl2N2O3. The first kappa shape index (κ1) is 16.3. The van der Waals surface area contributed by atoms with Crippen LogP contribution in [0.4, 0.5) is 5.69 Å². The van der Waals surface area contributed by atoms with E-state index in [1.807, 2.05) is 0 Å². The number of carbonyl (C=O) groups excluding carboxylic acids is 1. The van der Waals surface area contributed by atoms with E-state index >= 15 is 0 Å². The van der Waals surface area contributed by atoms with Gasteiger partial charge in [-0.15, -0.1) is 0 Å². The first-order valence-corrected chi connectivity index (χ1v) is 7.08. The summed E-state index contributed by atoms with van der Waals surface area (Å²) in [5, 5.41) is 21.1. The number of hydrogen-bond donors (Lipinski definition) is 2. The Hall–Kier alpha value is -2.11. The quantitative estimate of drug-likeness (QED) is 0.824. The predicted molar refractivity (Wildman–Crippen MR) is 87.1 cm³/mol. The van der Waals surface area contributed by atoms with Crippen molar-refractivity contribution in [1.29, 1.82) is 0 Å². The topological polar surface area (TPSA) is 65.7 Å². The molecule has 0 fully saturated rings. The van der Waals surface area contributed by atoms with E-state index in [0.29, 0.717) is 22.1 Å². The van der Waals surface area contributed by atoms with Crippen LogP contribution in [0.25, 0.3) is 5.69 Å². The van der Waals surface area contributed by atoms with E-state index in [0.717, 1.165) is 10.1 Å². The van der Waals surface area contributed by atoms with Gasteiger partial charge in [-0.25, -0.2) is 4.57 Å². The molecule has 22 heavy (non-hydrogen) atoms. The van der Waals surface area contributed by atoms with Gasteiger partial charge in [0.2, 0.25) is 18.2 Å². The summed E-state index contributed by atoms with van der Waals surface area (Å²) in [4.78, 5) is 12.4. The highest BCUT2D eigenvalue weighted by molar-refractivity contribution is 6.34. The minimum Gasteiger partial charge on any atom is -0.494 e. The van der Waals surface area contributed by atoms with E-state index in [1.165, 1.54) is 35.4 Å². The Morgan fingerprint density at radius 2 is 1.73 bits per heavy atom. The lowest BCUT2D eigenvalue weighted by atomic mass is 10.3. The second-order valence-corrected chi connectivity index (χ2v) is 5.77. The summed E-state index contributed by atoms with van der Waals surface area (Å²) in [6, 6.07) is 5.87. The number of hydrogen-bond acceptors (Lipinski definition) is 3. The minimum absolute atomic E-state index is 0.143. The van der Waals surface area contributed by atoms with E-state index in [4.69, 9.17) is 23.2 Å². The number of halogens is 2. The molecule has 0 aliphatic heterocycles. The molecule has 0 spiro atoms. The van der Waals surface area contributed by atoms with Crippen molar-refractivity contribution >= 4 is 35.3 Å². The van der Waals surface area contributed by atoms with Crippen LogP contribution in [0, 0.1) is 0 Å². The molecule has 2 rings (SSSR count). The third-order valence-corrected chi connectivity index (χ3v) is 3.27. The molecule has 1 heterocycles. The van der Waals surface area contributed by atoms with E-state index in [2.05, 4.69) is 0 Å². The van der Waals surface area contributed by atoms with Gasteiger partial charge in [-0.3, -0.25) is 9.69 Å². The molecule has 1 aromatic carbocycles. The molecule has 0 aliphatic rings. The van der Waals surface area contributed by atoms with Gasteiger partial charge in [-0.2, -0.15) is 0 Å². The number of allylic oxidation sites excluding steroid dienone is 1. The number of carbonyl (C=O) groups is 1. The van der Waals surface area contributed by atoms with E-state index in [9.17, 15) is 15.0 Å². The van der Waals surface area contributed by atoms with Crippen LogP contribution in [0.1, 0.15) is 13.8 Å². The van der Waals surface area contributed by atoms with Crippen molar-refractivity contribution in [3.8, 4) is 17.4 Å². The second kappa shape index (κ2) is 6.34. The van der Waals surface area contributed by atoms with Gasteiger partial charge in [-0.05, 0) is 32.0 Å². The largest absolute Gasteiger partial charge is 0.494 e. The van der Waals surface area contributed by atoms with Crippen LogP contribution in [0.5, 0.6) is 11.8 Å². The lowest BCUT2D eigenvalue weighted by Crippen LogP contribution is -2.13. The molecule has 0 bridgehead atoms. The van der Waals surface area contributed by atoms with Crippen molar-refractivity contribution in [2.45, 2.75) is 13.8 Å². The zero-order chi connectivity index (χ0) is 16.4. The van der Waals surface area contributed by atoms with E-state index < -0.39 is 0 Å². The Labute approximate surface area is 137 Å². The fourth-order valence-electron chi connectivity index (χ4n) is 2.02. The smallest absolute Gasteiger partial charge is 0.223 e. The number of rotatable bonds is 4. The van der Waals surface area contributed by atoms with Crippen LogP contribution in [0.2, 0.25) is 10.0 Å². The maximum atomic E-state index is 11.2. The highest BCUT2D eigenvalue weighted by atomic mass is 35.5. The summed E-state index contributed by atoms with van der Waals surface area (Å²) in [5.74, 6) is -0.555. The number of nitrogens with zero attached hydrogens (tertiary/aromatic N) is 2. The molecule has 116 valence electrons. The van der Waals surface area contributed by atoms with Crippen molar-refractivity contribution < 1.29 is 15.0 Å². The normalized spacial score (nSPS) is 10.4. The third-order valence-electron chi connectivity index (χ3n) is 2.83. The Bertz CT molecular complexity index is 729. The number of aromatic hydroxyl groups is 2. The van der Waals surface area contributed by atoms with Gasteiger partial charge in [0, 0.05) is 22.3 Å². The first-order chi connectivity index (χ1) is 10.3. The van der Waals surface area contributed by atoms with Crippen molar-refractivity contribution in [3.63, 3.8) is 0 Å². The summed E-state index contributed by atoms with van der Waals surface area (Å²) < 4.78 is 1.14. The highest BCUT2D eigenvalue weighted by Gasteiger charge is 2.19. The Balaban J connectivity index is 2.60. The number of benzene rings is 1. The van der Waals surface area contributed by atoms with Crippen molar-refractivity contribution in [2.24, 2.45) is 0 Å². The predicted octanol–water partition coefficient (Wildman–Crippen LogP) is 4.08.